The molecule has 98 valence electrons. The first kappa shape index (κ1) is 13.6. The molecule has 0 unspecified atom stereocenters. The summed E-state index contributed by atoms with van der Waals surface area (Å²) in [6, 6.07) is 9.25. The van der Waals surface area contributed by atoms with E-state index in [9.17, 15) is 4.79 Å². The first-order chi connectivity index (χ1) is 9.27. The second kappa shape index (κ2) is 6.36. The molecule has 0 bridgehead atoms. The minimum Gasteiger partial charge on any atom is -0.383 e. The van der Waals surface area contributed by atoms with Crippen LogP contribution in [0.3, 0.4) is 0 Å². The zero-order valence-electron chi connectivity index (χ0n) is 10.5. The third-order valence-corrected chi connectivity index (χ3v) is 3.45. The van der Waals surface area contributed by atoms with Gasteiger partial charge in [0, 0.05) is 7.11 Å². The van der Waals surface area contributed by atoms with Gasteiger partial charge in [-0.25, -0.2) is 4.98 Å². The number of fused-ring (bicyclic) bond motifs is 1. The van der Waals surface area contributed by atoms with E-state index in [1.54, 1.807) is 23.8 Å². The Bertz CT molecular complexity index is 676. The van der Waals surface area contributed by atoms with E-state index in [2.05, 4.69) is 4.98 Å². The van der Waals surface area contributed by atoms with E-state index in [0.717, 1.165) is 0 Å². The molecule has 6 heteroatoms. The largest absolute Gasteiger partial charge is 0.383 e. The van der Waals surface area contributed by atoms with Crippen LogP contribution in [0, 0.1) is 11.3 Å². The van der Waals surface area contributed by atoms with Crippen LogP contribution >= 0.6 is 11.8 Å². The van der Waals surface area contributed by atoms with Crippen LogP contribution in [0.2, 0.25) is 0 Å². The summed E-state index contributed by atoms with van der Waals surface area (Å²) >= 11 is 1.26. The summed E-state index contributed by atoms with van der Waals surface area (Å²) in [6.07, 6.45) is 0. The molecular weight excluding hydrogens is 262 g/mol. The maximum Gasteiger partial charge on any atom is 0.262 e. The summed E-state index contributed by atoms with van der Waals surface area (Å²) in [5.74, 6) is 0.262. The number of methoxy groups -OCH3 is 1. The van der Waals surface area contributed by atoms with Crippen LogP contribution in [0.1, 0.15) is 0 Å². The summed E-state index contributed by atoms with van der Waals surface area (Å²) in [4.78, 5) is 16.8. The number of aromatic nitrogens is 2. The molecule has 0 spiro atoms. The van der Waals surface area contributed by atoms with Crippen molar-refractivity contribution in [3.8, 4) is 6.07 Å². The van der Waals surface area contributed by atoms with Gasteiger partial charge in [-0.1, -0.05) is 23.9 Å². The molecule has 1 aromatic carbocycles. The predicted molar refractivity (Wildman–Crippen MR) is 74.2 cm³/mol. The molecule has 0 fully saturated rings. The first-order valence-electron chi connectivity index (χ1n) is 5.76. The summed E-state index contributed by atoms with van der Waals surface area (Å²) in [7, 11) is 1.58. The average Bonchev–Trinajstić information content (AvgIpc) is 2.44. The third-order valence-electron chi connectivity index (χ3n) is 2.61. The number of para-hydroxylation sites is 1. The van der Waals surface area contributed by atoms with Crippen LogP contribution in [0.5, 0.6) is 0 Å². The lowest BCUT2D eigenvalue weighted by molar-refractivity contribution is 0.183. The van der Waals surface area contributed by atoms with Crippen molar-refractivity contribution in [2.45, 2.75) is 11.7 Å². The van der Waals surface area contributed by atoms with Crippen molar-refractivity contribution >= 4 is 22.7 Å². The Kier molecular flexibility index (Phi) is 4.55. The van der Waals surface area contributed by atoms with Gasteiger partial charge < -0.3 is 4.74 Å². The molecule has 0 N–H and O–H groups in total. The smallest absolute Gasteiger partial charge is 0.262 e. The molecule has 0 saturated heterocycles. The van der Waals surface area contributed by atoms with Crippen LogP contribution in [0.15, 0.2) is 34.2 Å². The molecular formula is C13H13N3O2S. The van der Waals surface area contributed by atoms with Crippen LogP contribution in [-0.4, -0.2) is 29.0 Å². The topological polar surface area (TPSA) is 67.9 Å². The summed E-state index contributed by atoms with van der Waals surface area (Å²) < 4.78 is 6.57. The monoisotopic (exact) mass is 275 g/mol. The zero-order chi connectivity index (χ0) is 13.7. The molecule has 2 rings (SSSR count). The van der Waals surface area contributed by atoms with Gasteiger partial charge in [-0.15, -0.1) is 0 Å². The molecule has 0 aliphatic heterocycles. The number of nitrogens with zero attached hydrogens (tertiary/aromatic N) is 3. The van der Waals surface area contributed by atoms with Crippen molar-refractivity contribution in [3.63, 3.8) is 0 Å². The number of thioether (sulfide) groups is 1. The lowest BCUT2D eigenvalue weighted by Crippen LogP contribution is -2.25. The molecule has 0 amide bonds. The maximum absolute atomic E-state index is 12.4. The number of ether oxygens (including phenoxy) is 1. The number of benzene rings is 1. The maximum atomic E-state index is 12.4. The van der Waals surface area contributed by atoms with E-state index in [0.29, 0.717) is 29.2 Å². The van der Waals surface area contributed by atoms with Gasteiger partial charge in [0.25, 0.3) is 5.56 Å². The van der Waals surface area contributed by atoms with E-state index < -0.39 is 0 Å². The Morgan fingerprint density at radius 1 is 1.47 bits per heavy atom. The molecule has 2 aromatic rings. The van der Waals surface area contributed by atoms with Gasteiger partial charge in [0.1, 0.15) is 0 Å². The van der Waals surface area contributed by atoms with Gasteiger partial charge >= 0.3 is 0 Å². The van der Waals surface area contributed by atoms with E-state index in [-0.39, 0.29) is 11.3 Å². The van der Waals surface area contributed by atoms with Crippen molar-refractivity contribution < 1.29 is 4.74 Å². The SMILES string of the molecule is COCCn1c(SCC#N)nc2ccccc2c1=O. The normalized spacial score (nSPS) is 10.5. The van der Waals surface area contributed by atoms with Crippen molar-refractivity contribution in [2.24, 2.45) is 0 Å². The van der Waals surface area contributed by atoms with Gasteiger partial charge in [0.15, 0.2) is 5.16 Å². The van der Waals surface area contributed by atoms with Gasteiger partial charge in [-0.3, -0.25) is 9.36 Å². The highest BCUT2D eigenvalue weighted by Gasteiger charge is 2.10. The summed E-state index contributed by atoms with van der Waals surface area (Å²) in [5.41, 5.74) is 0.560. The van der Waals surface area contributed by atoms with Gasteiger partial charge in [-0.2, -0.15) is 5.26 Å². The molecule has 0 atom stereocenters. The van der Waals surface area contributed by atoms with Crippen LogP contribution in [-0.2, 0) is 11.3 Å². The Morgan fingerprint density at radius 3 is 3.00 bits per heavy atom. The summed E-state index contributed by atoms with van der Waals surface area (Å²) in [5, 5.41) is 9.81. The van der Waals surface area contributed by atoms with Crippen LogP contribution in [0.25, 0.3) is 10.9 Å². The van der Waals surface area contributed by atoms with Crippen molar-refractivity contribution in [2.75, 3.05) is 19.5 Å². The lowest BCUT2D eigenvalue weighted by atomic mass is 10.2. The minimum absolute atomic E-state index is 0.0944. The van der Waals surface area contributed by atoms with Gasteiger partial charge in [-0.05, 0) is 12.1 Å². The molecule has 0 aliphatic rings. The first-order valence-corrected chi connectivity index (χ1v) is 6.74. The van der Waals surface area contributed by atoms with E-state index >= 15 is 0 Å². The second-order valence-corrected chi connectivity index (χ2v) is 4.75. The second-order valence-electron chi connectivity index (χ2n) is 3.81. The zero-order valence-corrected chi connectivity index (χ0v) is 11.3. The van der Waals surface area contributed by atoms with Crippen molar-refractivity contribution in [3.05, 3.63) is 34.6 Å². The Labute approximate surface area is 114 Å². The molecule has 0 saturated carbocycles. The Morgan fingerprint density at radius 2 is 2.26 bits per heavy atom. The fourth-order valence-electron chi connectivity index (χ4n) is 1.73. The molecule has 19 heavy (non-hydrogen) atoms. The van der Waals surface area contributed by atoms with Crippen LogP contribution in [0.4, 0.5) is 0 Å². The fraction of sp³-hybridized carbons (Fsp3) is 0.308. The quantitative estimate of drug-likeness (QED) is 0.613. The van der Waals surface area contributed by atoms with E-state index in [1.807, 2.05) is 18.2 Å². The molecule has 5 nitrogen and oxygen atoms in total. The van der Waals surface area contributed by atoms with Gasteiger partial charge in [0.05, 0.1) is 35.9 Å². The van der Waals surface area contributed by atoms with Crippen LogP contribution < -0.4 is 5.56 Å². The number of hydrogen-bond acceptors (Lipinski definition) is 5. The standard InChI is InChI=1S/C13H13N3O2S/c1-18-8-7-16-12(17)10-4-2-3-5-11(10)15-13(16)19-9-6-14/h2-5H,7-9H2,1H3. The Hall–Kier alpha value is -1.84. The molecule has 0 aliphatic carbocycles. The molecule has 0 radical (unpaired) electrons. The average molecular weight is 275 g/mol. The van der Waals surface area contributed by atoms with Crippen molar-refractivity contribution in [1.29, 1.82) is 5.26 Å². The molecule has 1 aromatic heterocycles. The number of nitriles is 1. The summed E-state index contributed by atoms with van der Waals surface area (Å²) in [6.45, 7) is 0.862. The highest BCUT2D eigenvalue weighted by molar-refractivity contribution is 7.99. The lowest BCUT2D eigenvalue weighted by Gasteiger charge is -2.11. The predicted octanol–water partition coefficient (Wildman–Crippen LogP) is 1.66. The molecule has 1 heterocycles. The third kappa shape index (κ3) is 2.95. The number of hydrogen-bond donors (Lipinski definition) is 0. The minimum atomic E-state index is -0.0944. The highest BCUT2D eigenvalue weighted by Crippen LogP contribution is 2.17. The van der Waals surface area contributed by atoms with Gasteiger partial charge in [0.2, 0.25) is 0 Å². The fourth-order valence-corrected chi connectivity index (χ4v) is 2.42. The van der Waals surface area contributed by atoms with E-state index in [1.165, 1.54) is 11.8 Å². The highest BCUT2D eigenvalue weighted by atomic mass is 32.2. The van der Waals surface area contributed by atoms with Crippen molar-refractivity contribution in [1.82, 2.24) is 9.55 Å². The Balaban J connectivity index is 2.56. The van der Waals surface area contributed by atoms with E-state index in [4.69, 9.17) is 10.00 Å². The number of rotatable bonds is 5.